The Kier molecular flexibility index (Phi) is 3.35. The highest BCUT2D eigenvalue weighted by molar-refractivity contribution is 5.68. The van der Waals surface area contributed by atoms with Crippen molar-refractivity contribution in [3.63, 3.8) is 0 Å². The van der Waals surface area contributed by atoms with Crippen LogP contribution in [0.4, 0.5) is 22.0 Å². The number of rotatable bonds is 3. The van der Waals surface area contributed by atoms with Crippen LogP contribution in [0.5, 0.6) is 0 Å². The summed E-state index contributed by atoms with van der Waals surface area (Å²) in [6.07, 6.45) is -5.95. The first-order valence-electron chi connectivity index (χ1n) is 4.26. The molecule has 0 aliphatic heterocycles. The van der Waals surface area contributed by atoms with E-state index in [4.69, 9.17) is 5.11 Å². The number of hydrogen-bond acceptors (Lipinski definition) is 2. The second kappa shape index (κ2) is 4.27. The second-order valence-electron chi connectivity index (χ2n) is 3.20. The third kappa shape index (κ3) is 3.36. The number of pyridine rings is 1. The smallest absolute Gasteiger partial charge is 0.417 e. The van der Waals surface area contributed by atoms with Crippen LogP contribution >= 0.6 is 0 Å². The molecule has 0 spiro atoms. The van der Waals surface area contributed by atoms with E-state index in [1.165, 1.54) is 0 Å². The number of aliphatic carboxylic acids is 1. The minimum Gasteiger partial charge on any atom is -0.481 e. The Labute approximate surface area is 91.9 Å². The Morgan fingerprint density at radius 3 is 2.18 bits per heavy atom. The molecule has 0 atom stereocenters. The number of nitrogens with zero attached hydrogens (tertiary/aromatic N) is 1. The van der Waals surface area contributed by atoms with Gasteiger partial charge in [0.1, 0.15) is 12.1 Å². The van der Waals surface area contributed by atoms with Gasteiger partial charge in [0.2, 0.25) is 0 Å². The normalized spacial score (nSPS) is 12.5. The molecule has 3 nitrogen and oxygen atoms in total. The van der Waals surface area contributed by atoms with Gasteiger partial charge in [-0.1, -0.05) is 0 Å². The molecule has 0 bridgehead atoms. The Morgan fingerprint density at radius 2 is 1.82 bits per heavy atom. The molecule has 0 aliphatic rings. The summed E-state index contributed by atoms with van der Waals surface area (Å²) in [6, 6.07) is 0.893. The van der Waals surface area contributed by atoms with Gasteiger partial charge < -0.3 is 5.11 Å². The van der Waals surface area contributed by atoms with Crippen LogP contribution in [0.2, 0.25) is 0 Å². The van der Waals surface area contributed by atoms with Gasteiger partial charge in [0, 0.05) is 6.20 Å². The van der Waals surface area contributed by atoms with E-state index in [1.807, 2.05) is 0 Å². The molecule has 1 aromatic rings. The zero-order chi connectivity index (χ0) is 13.3. The molecule has 1 heterocycles. The summed E-state index contributed by atoms with van der Waals surface area (Å²) < 4.78 is 62.5. The van der Waals surface area contributed by atoms with Gasteiger partial charge in [-0.2, -0.15) is 22.0 Å². The molecular weight excluding hydrogens is 249 g/mol. The van der Waals surface area contributed by atoms with Crippen molar-refractivity contribution in [2.24, 2.45) is 0 Å². The molecule has 0 aliphatic carbocycles. The van der Waals surface area contributed by atoms with Crippen LogP contribution in [0.3, 0.4) is 0 Å². The maximum absolute atomic E-state index is 13.1. The lowest BCUT2D eigenvalue weighted by Crippen LogP contribution is -2.20. The van der Waals surface area contributed by atoms with Gasteiger partial charge >= 0.3 is 12.1 Å². The van der Waals surface area contributed by atoms with E-state index in [-0.39, 0.29) is 6.20 Å². The largest absolute Gasteiger partial charge is 0.481 e. The van der Waals surface area contributed by atoms with Gasteiger partial charge in [-0.3, -0.25) is 9.78 Å². The fraction of sp³-hybridized carbons (Fsp3) is 0.333. The highest BCUT2D eigenvalue weighted by atomic mass is 19.4. The Morgan fingerprint density at radius 1 is 1.24 bits per heavy atom. The van der Waals surface area contributed by atoms with Crippen LogP contribution in [0.1, 0.15) is 17.7 Å². The average molecular weight is 255 g/mol. The monoisotopic (exact) mass is 255 g/mol. The summed E-state index contributed by atoms with van der Waals surface area (Å²) in [5, 5.41) is 8.21. The van der Waals surface area contributed by atoms with Crippen molar-refractivity contribution in [3.8, 4) is 0 Å². The number of hydrogen-bond donors (Lipinski definition) is 1. The maximum atomic E-state index is 13.1. The van der Waals surface area contributed by atoms with Crippen LogP contribution in [0.15, 0.2) is 18.3 Å². The van der Waals surface area contributed by atoms with Gasteiger partial charge in [0.05, 0.1) is 5.56 Å². The third-order valence-electron chi connectivity index (χ3n) is 1.84. The summed E-state index contributed by atoms with van der Waals surface area (Å²) in [7, 11) is 0. The fourth-order valence-corrected chi connectivity index (χ4v) is 1.06. The van der Waals surface area contributed by atoms with Crippen LogP contribution in [0.25, 0.3) is 0 Å². The van der Waals surface area contributed by atoms with Gasteiger partial charge in [-0.25, -0.2) is 0 Å². The molecule has 1 aromatic heterocycles. The van der Waals surface area contributed by atoms with Crippen molar-refractivity contribution in [1.82, 2.24) is 4.98 Å². The molecule has 17 heavy (non-hydrogen) atoms. The lowest BCUT2D eigenvalue weighted by Gasteiger charge is -2.14. The molecule has 8 heteroatoms. The molecule has 0 unspecified atom stereocenters. The number of alkyl halides is 5. The first-order valence-corrected chi connectivity index (χ1v) is 4.26. The molecule has 0 radical (unpaired) electrons. The highest BCUT2D eigenvalue weighted by Gasteiger charge is 2.37. The molecule has 94 valence electrons. The van der Waals surface area contributed by atoms with Crippen LogP contribution in [-0.2, 0) is 16.9 Å². The molecule has 1 rings (SSSR count). The van der Waals surface area contributed by atoms with E-state index in [1.54, 1.807) is 0 Å². The van der Waals surface area contributed by atoms with Gasteiger partial charge in [0.15, 0.2) is 0 Å². The lowest BCUT2D eigenvalue weighted by molar-refractivity contribution is -0.146. The van der Waals surface area contributed by atoms with Crippen molar-refractivity contribution >= 4 is 5.97 Å². The molecule has 1 N–H and O–H groups in total. The summed E-state index contributed by atoms with van der Waals surface area (Å²) in [4.78, 5) is 13.1. The fourth-order valence-electron chi connectivity index (χ4n) is 1.06. The van der Waals surface area contributed by atoms with E-state index < -0.39 is 35.7 Å². The Bertz CT molecular complexity index is 412. The van der Waals surface area contributed by atoms with E-state index in [0.717, 1.165) is 0 Å². The molecule has 0 saturated heterocycles. The topological polar surface area (TPSA) is 50.2 Å². The minimum atomic E-state index is -4.67. The van der Waals surface area contributed by atoms with E-state index >= 15 is 0 Å². The van der Waals surface area contributed by atoms with Gasteiger partial charge in [0.25, 0.3) is 5.92 Å². The first-order chi connectivity index (χ1) is 7.63. The van der Waals surface area contributed by atoms with E-state index in [2.05, 4.69) is 4.98 Å². The third-order valence-corrected chi connectivity index (χ3v) is 1.84. The number of carboxylic acid groups (broad SMARTS) is 1. The summed E-state index contributed by atoms with van der Waals surface area (Å²) in [5.41, 5.74) is -2.18. The summed E-state index contributed by atoms with van der Waals surface area (Å²) >= 11 is 0. The highest BCUT2D eigenvalue weighted by Crippen LogP contribution is 2.33. The molecule has 0 aromatic carbocycles. The molecule has 0 fully saturated rings. The van der Waals surface area contributed by atoms with E-state index in [0.29, 0.717) is 12.1 Å². The number of carboxylic acids is 1. The van der Waals surface area contributed by atoms with E-state index in [9.17, 15) is 26.7 Å². The van der Waals surface area contributed by atoms with Crippen LogP contribution < -0.4 is 0 Å². The SMILES string of the molecule is O=C(O)CC(F)(F)c1ccc(C(F)(F)F)cn1. The zero-order valence-electron chi connectivity index (χ0n) is 8.13. The predicted molar refractivity (Wildman–Crippen MR) is 45.4 cm³/mol. The summed E-state index contributed by atoms with van der Waals surface area (Å²) in [5.74, 6) is -5.56. The molecule has 0 amide bonds. The molecular formula is C9H6F5NO2. The average Bonchev–Trinajstić information content (AvgIpc) is 2.14. The van der Waals surface area contributed by atoms with Gasteiger partial charge in [-0.15, -0.1) is 0 Å². The minimum absolute atomic E-state index is 0.241. The first kappa shape index (κ1) is 13.3. The summed E-state index contributed by atoms with van der Waals surface area (Å²) in [6.45, 7) is 0. The zero-order valence-corrected chi connectivity index (χ0v) is 8.13. The number of halogens is 5. The van der Waals surface area contributed by atoms with Crippen LogP contribution in [-0.4, -0.2) is 16.1 Å². The van der Waals surface area contributed by atoms with Crippen molar-refractivity contribution in [2.45, 2.75) is 18.5 Å². The van der Waals surface area contributed by atoms with Crippen molar-refractivity contribution in [1.29, 1.82) is 0 Å². The standard InChI is InChI=1S/C9H6F5NO2/c10-8(11,3-7(16)17)6-2-1-5(4-15-6)9(12,13)14/h1-2,4H,3H2,(H,16,17). The number of aromatic nitrogens is 1. The predicted octanol–water partition coefficient (Wildman–Crippen LogP) is 2.67. The quantitative estimate of drug-likeness (QED) is 0.845. The van der Waals surface area contributed by atoms with Crippen molar-refractivity contribution in [2.75, 3.05) is 0 Å². The second-order valence-corrected chi connectivity index (χ2v) is 3.20. The Balaban J connectivity index is 2.98. The lowest BCUT2D eigenvalue weighted by atomic mass is 10.1. The Hall–Kier alpha value is -1.73. The van der Waals surface area contributed by atoms with Crippen molar-refractivity contribution in [3.05, 3.63) is 29.6 Å². The van der Waals surface area contributed by atoms with Gasteiger partial charge in [-0.05, 0) is 12.1 Å². The van der Waals surface area contributed by atoms with Crippen LogP contribution in [0, 0.1) is 0 Å². The molecule has 0 saturated carbocycles. The maximum Gasteiger partial charge on any atom is 0.417 e. The van der Waals surface area contributed by atoms with Crippen molar-refractivity contribution < 1.29 is 31.9 Å². The number of carbonyl (C=O) groups is 1.